The molecule has 1 aromatic heterocycles. The van der Waals surface area contributed by atoms with E-state index in [-0.39, 0.29) is 0 Å². The highest BCUT2D eigenvalue weighted by Gasteiger charge is 2.04. The second-order valence-corrected chi connectivity index (χ2v) is 4.24. The Kier molecular flexibility index (Phi) is 2.45. The summed E-state index contributed by atoms with van der Waals surface area (Å²) in [6, 6.07) is 5.53. The molecule has 0 spiro atoms. The number of benzene rings is 1. The van der Waals surface area contributed by atoms with E-state index in [9.17, 15) is 0 Å². The summed E-state index contributed by atoms with van der Waals surface area (Å²) in [5.41, 5.74) is 0. The molecule has 0 saturated heterocycles. The van der Waals surface area contributed by atoms with Gasteiger partial charge in [0.2, 0.25) is 0 Å². The van der Waals surface area contributed by atoms with Gasteiger partial charge in [-0.05, 0) is 39.5 Å². The van der Waals surface area contributed by atoms with Crippen LogP contribution in [0.15, 0.2) is 28.9 Å². The number of hydrogen-bond donors (Lipinski definition) is 0. The molecule has 0 aliphatic heterocycles. The molecule has 0 amide bonds. The lowest BCUT2D eigenvalue weighted by atomic mass is 10.2. The molecule has 0 N–H and O–H groups in total. The summed E-state index contributed by atoms with van der Waals surface area (Å²) in [5.74, 6) is 0. The van der Waals surface area contributed by atoms with E-state index < -0.39 is 0 Å². The summed E-state index contributed by atoms with van der Waals surface area (Å²) in [6.07, 6.45) is 1.66. The van der Waals surface area contributed by atoms with Crippen LogP contribution in [-0.2, 0) is 0 Å². The molecule has 1 heterocycles. The first-order valence-corrected chi connectivity index (χ1v) is 5.12. The molecule has 0 fully saturated rings. The van der Waals surface area contributed by atoms with Crippen molar-refractivity contribution in [2.45, 2.75) is 0 Å². The van der Waals surface area contributed by atoms with Gasteiger partial charge in [0.15, 0.2) is 0 Å². The van der Waals surface area contributed by atoms with Gasteiger partial charge in [0.05, 0.1) is 0 Å². The Morgan fingerprint density at radius 1 is 1.23 bits per heavy atom. The van der Waals surface area contributed by atoms with Crippen LogP contribution in [0.4, 0.5) is 0 Å². The summed E-state index contributed by atoms with van der Waals surface area (Å²) in [6.45, 7) is 0. The van der Waals surface area contributed by atoms with Crippen LogP contribution in [0.1, 0.15) is 0 Å². The summed E-state index contributed by atoms with van der Waals surface area (Å²) < 4.78 is 0.869. The third-order valence-electron chi connectivity index (χ3n) is 1.73. The minimum absolute atomic E-state index is 0.487. The van der Waals surface area contributed by atoms with Crippen LogP contribution in [0, 0.1) is 0 Å². The molecule has 1 aromatic carbocycles. The van der Waals surface area contributed by atoms with Crippen LogP contribution in [0.5, 0.6) is 0 Å². The van der Waals surface area contributed by atoms with Crippen LogP contribution < -0.4 is 0 Å². The molecule has 0 unspecified atom stereocenters. The van der Waals surface area contributed by atoms with E-state index in [1.165, 1.54) is 0 Å². The summed E-state index contributed by atoms with van der Waals surface area (Å²) in [5, 5.41) is 3.05. The standard InChI is InChI=1S/C9H4BrCl2N/c10-7-4-6(11)3-5-1-2-13-9(12)8(5)7/h1-4H. The van der Waals surface area contributed by atoms with Crippen molar-refractivity contribution in [3.8, 4) is 0 Å². The zero-order chi connectivity index (χ0) is 9.42. The predicted molar refractivity (Wildman–Crippen MR) is 59.5 cm³/mol. The van der Waals surface area contributed by atoms with Gasteiger partial charge in [-0.15, -0.1) is 0 Å². The fourth-order valence-corrected chi connectivity index (χ4v) is 2.59. The Hall–Kier alpha value is -0.310. The number of nitrogens with zero attached hydrogens (tertiary/aromatic N) is 1. The van der Waals surface area contributed by atoms with Crippen LogP contribution in [0.25, 0.3) is 10.8 Å². The normalized spacial score (nSPS) is 10.7. The Morgan fingerprint density at radius 3 is 2.77 bits per heavy atom. The van der Waals surface area contributed by atoms with Gasteiger partial charge in [0.25, 0.3) is 0 Å². The van der Waals surface area contributed by atoms with Gasteiger partial charge in [-0.3, -0.25) is 0 Å². The third kappa shape index (κ3) is 1.66. The monoisotopic (exact) mass is 275 g/mol. The van der Waals surface area contributed by atoms with Crippen LogP contribution in [0.3, 0.4) is 0 Å². The summed E-state index contributed by atoms with van der Waals surface area (Å²) in [7, 11) is 0. The molecule has 1 nitrogen and oxygen atoms in total. The largest absolute Gasteiger partial charge is 0.244 e. The molecule has 0 aliphatic rings. The first-order valence-electron chi connectivity index (χ1n) is 3.58. The van der Waals surface area contributed by atoms with Crippen molar-refractivity contribution in [2.75, 3.05) is 0 Å². The minimum atomic E-state index is 0.487. The van der Waals surface area contributed by atoms with Gasteiger partial charge >= 0.3 is 0 Å². The molecular weight excluding hydrogens is 273 g/mol. The minimum Gasteiger partial charge on any atom is -0.244 e. The maximum atomic E-state index is 5.93. The first-order chi connectivity index (χ1) is 6.18. The SMILES string of the molecule is Clc1cc(Br)c2c(Cl)nccc2c1. The number of aromatic nitrogens is 1. The maximum absolute atomic E-state index is 5.93. The molecule has 0 bridgehead atoms. The summed E-state index contributed by atoms with van der Waals surface area (Å²) in [4.78, 5) is 3.99. The van der Waals surface area contributed by atoms with Gasteiger partial charge in [0.1, 0.15) is 5.15 Å². The van der Waals surface area contributed by atoms with Crippen molar-refractivity contribution < 1.29 is 0 Å². The molecule has 2 aromatic rings. The quantitative estimate of drug-likeness (QED) is 0.654. The Bertz CT molecular complexity index is 470. The molecular formula is C9H4BrCl2N. The van der Waals surface area contributed by atoms with Gasteiger partial charge in [0, 0.05) is 21.1 Å². The molecule has 66 valence electrons. The van der Waals surface area contributed by atoms with Gasteiger partial charge in [-0.2, -0.15) is 0 Å². The van der Waals surface area contributed by atoms with Crippen molar-refractivity contribution in [3.05, 3.63) is 39.0 Å². The van der Waals surface area contributed by atoms with Crippen LogP contribution in [-0.4, -0.2) is 4.98 Å². The highest BCUT2D eigenvalue weighted by Crippen LogP contribution is 2.31. The van der Waals surface area contributed by atoms with Gasteiger partial charge in [-0.25, -0.2) is 4.98 Å². The zero-order valence-electron chi connectivity index (χ0n) is 6.39. The lowest BCUT2D eigenvalue weighted by Gasteiger charge is -2.02. The number of fused-ring (bicyclic) bond motifs is 1. The number of hydrogen-bond acceptors (Lipinski definition) is 1. The highest BCUT2D eigenvalue weighted by molar-refractivity contribution is 9.10. The van der Waals surface area contributed by atoms with Gasteiger partial charge < -0.3 is 0 Å². The lowest BCUT2D eigenvalue weighted by Crippen LogP contribution is -1.80. The smallest absolute Gasteiger partial charge is 0.137 e. The first kappa shape index (κ1) is 9.25. The van der Waals surface area contributed by atoms with E-state index in [2.05, 4.69) is 20.9 Å². The number of pyridine rings is 1. The van der Waals surface area contributed by atoms with E-state index >= 15 is 0 Å². The van der Waals surface area contributed by atoms with E-state index in [1.807, 2.05) is 12.1 Å². The van der Waals surface area contributed by atoms with Crippen molar-refractivity contribution in [3.63, 3.8) is 0 Å². The molecule has 0 aliphatic carbocycles. The van der Waals surface area contributed by atoms with Crippen molar-refractivity contribution in [1.82, 2.24) is 4.98 Å². The predicted octanol–water partition coefficient (Wildman–Crippen LogP) is 4.30. The molecule has 2 rings (SSSR count). The molecule has 13 heavy (non-hydrogen) atoms. The zero-order valence-corrected chi connectivity index (χ0v) is 9.49. The Labute approximate surface area is 93.8 Å². The molecule has 4 heteroatoms. The molecule has 0 saturated carbocycles. The van der Waals surface area contributed by atoms with Crippen molar-refractivity contribution >= 4 is 49.9 Å². The third-order valence-corrected chi connectivity index (χ3v) is 2.86. The van der Waals surface area contributed by atoms with E-state index in [0.29, 0.717) is 10.2 Å². The maximum Gasteiger partial charge on any atom is 0.137 e. The van der Waals surface area contributed by atoms with E-state index in [1.54, 1.807) is 12.3 Å². The fraction of sp³-hybridized carbons (Fsp3) is 0. The molecule has 0 atom stereocenters. The lowest BCUT2D eigenvalue weighted by molar-refractivity contribution is 1.36. The fourth-order valence-electron chi connectivity index (χ4n) is 1.19. The number of halogens is 3. The Morgan fingerprint density at radius 2 is 2.00 bits per heavy atom. The number of rotatable bonds is 0. The average Bonchev–Trinajstić information content (AvgIpc) is 2.02. The van der Waals surface area contributed by atoms with Gasteiger partial charge in [-0.1, -0.05) is 23.2 Å². The van der Waals surface area contributed by atoms with E-state index in [0.717, 1.165) is 15.2 Å². The second kappa shape index (κ2) is 3.45. The molecule has 0 radical (unpaired) electrons. The van der Waals surface area contributed by atoms with E-state index in [4.69, 9.17) is 23.2 Å². The van der Waals surface area contributed by atoms with Crippen LogP contribution >= 0.6 is 39.1 Å². The highest BCUT2D eigenvalue weighted by atomic mass is 79.9. The Balaban J connectivity index is 2.94. The summed E-state index contributed by atoms with van der Waals surface area (Å²) >= 11 is 15.2. The van der Waals surface area contributed by atoms with Crippen molar-refractivity contribution in [2.24, 2.45) is 0 Å². The average molecular weight is 277 g/mol. The topological polar surface area (TPSA) is 12.9 Å². The second-order valence-electron chi connectivity index (χ2n) is 2.59. The van der Waals surface area contributed by atoms with Crippen LogP contribution in [0.2, 0.25) is 10.2 Å². The van der Waals surface area contributed by atoms with Crippen molar-refractivity contribution in [1.29, 1.82) is 0 Å².